The van der Waals surface area contributed by atoms with Gasteiger partial charge in [-0.05, 0) is 63.5 Å². The molecular formula is C21H17BrFN3O4. The third-order valence-corrected chi connectivity index (χ3v) is 4.62. The second-order valence-corrected chi connectivity index (χ2v) is 6.98. The molecule has 7 nitrogen and oxygen atoms in total. The topological polar surface area (TPSA) is 86.0 Å². The highest BCUT2D eigenvalue weighted by Crippen LogP contribution is 2.36. The Morgan fingerprint density at radius 1 is 1.17 bits per heavy atom. The summed E-state index contributed by atoms with van der Waals surface area (Å²) >= 11 is 3.47. The van der Waals surface area contributed by atoms with E-state index < -0.39 is 4.92 Å². The fourth-order valence-electron chi connectivity index (χ4n) is 2.53. The van der Waals surface area contributed by atoms with Crippen LogP contribution in [0.5, 0.6) is 11.5 Å². The molecule has 0 radical (unpaired) electrons. The van der Waals surface area contributed by atoms with Crippen molar-refractivity contribution in [3.05, 3.63) is 92.2 Å². The van der Waals surface area contributed by atoms with E-state index in [9.17, 15) is 14.5 Å². The minimum Gasteiger partial charge on any atom is -0.493 e. The Labute approximate surface area is 180 Å². The van der Waals surface area contributed by atoms with E-state index in [-0.39, 0.29) is 18.1 Å². The Hall–Kier alpha value is -3.46. The lowest BCUT2D eigenvalue weighted by atomic mass is 10.2. The summed E-state index contributed by atoms with van der Waals surface area (Å²) in [5.41, 5.74) is 4.99. The number of hydrogen-bond donors (Lipinski definition) is 1. The molecule has 0 heterocycles. The molecule has 0 spiro atoms. The molecule has 30 heavy (non-hydrogen) atoms. The molecule has 1 N–H and O–H groups in total. The van der Waals surface area contributed by atoms with Crippen molar-refractivity contribution in [3.8, 4) is 11.5 Å². The predicted molar refractivity (Wildman–Crippen MR) is 116 cm³/mol. The molecule has 0 unspecified atom stereocenters. The molecule has 3 rings (SSSR count). The van der Waals surface area contributed by atoms with Crippen LogP contribution >= 0.6 is 15.9 Å². The van der Waals surface area contributed by atoms with Crippen molar-refractivity contribution in [2.75, 3.05) is 12.5 Å². The van der Waals surface area contributed by atoms with Crippen LogP contribution in [0.4, 0.5) is 15.8 Å². The van der Waals surface area contributed by atoms with Crippen molar-refractivity contribution in [3.63, 3.8) is 0 Å². The summed E-state index contributed by atoms with van der Waals surface area (Å²) in [6.07, 6.45) is 1.58. The van der Waals surface area contributed by atoms with Gasteiger partial charge < -0.3 is 9.47 Å². The van der Waals surface area contributed by atoms with Crippen LogP contribution in [0.1, 0.15) is 11.1 Å². The van der Waals surface area contributed by atoms with E-state index >= 15 is 0 Å². The molecule has 3 aromatic rings. The number of hydrazone groups is 1. The van der Waals surface area contributed by atoms with Gasteiger partial charge in [-0.1, -0.05) is 12.1 Å². The van der Waals surface area contributed by atoms with Gasteiger partial charge in [0.15, 0.2) is 11.5 Å². The van der Waals surface area contributed by atoms with Gasteiger partial charge in [0, 0.05) is 12.1 Å². The number of anilines is 1. The lowest BCUT2D eigenvalue weighted by Gasteiger charge is -2.13. The molecule has 0 saturated carbocycles. The molecule has 0 aliphatic carbocycles. The van der Waals surface area contributed by atoms with E-state index in [2.05, 4.69) is 26.5 Å². The van der Waals surface area contributed by atoms with E-state index in [1.54, 1.807) is 36.5 Å². The van der Waals surface area contributed by atoms with Crippen LogP contribution in [0.2, 0.25) is 0 Å². The molecule has 0 fully saturated rings. The molecule has 9 heteroatoms. The maximum atomic E-state index is 13.0. The average molecular weight is 474 g/mol. The minimum absolute atomic E-state index is 0.00872. The van der Waals surface area contributed by atoms with Gasteiger partial charge >= 0.3 is 0 Å². The van der Waals surface area contributed by atoms with Gasteiger partial charge in [-0.15, -0.1) is 0 Å². The molecule has 0 saturated heterocycles. The quantitative estimate of drug-likeness (QED) is 0.264. The smallest absolute Gasteiger partial charge is 0.269 e. The number of methoxy groups -OCH3 is 1. The summed E-state index contributed by atoms with van der Waals surface area (Å²) < 4.78 is 24.9. The molecule has 0 atom stereocenters. The summed E-state index contributed by atoms with van der Waals surface area (Å²) in [5, 5.41) is 14.8. The lowest BCUT2D eigenvalue weighted by Crippen LogP contribution is -2.00. The van der Waals surface area contributed by atoms with Gasteiger partial charge in [-0.3, -0.25) is 15.5 Å². The van der Waals surface area contributed by atoms with Gasteiger partial charge in [0.05, 0.1) is 28.4 Å². The minimum atomic E-state index is -0.462. The fourth-order valence-corrected chi connectivity index (χ4v) is 3.10. The Kier molecular flexibility index (Phi) is 6.97. The number of non-ortho nitro benzene ring substituents is 1. The molecular weight excluding hydrogens is 457 g/mol. The monoisotopic (exact) mass is 473 g/mol. The first-order valence-electron chi connectivity index (χ1n) is 8.74. The molecule has 154 valence electrons. The van der Waals surface area contributed by atoms with Gasteiger partial charge in [0.2, 0.25) is 0 Å². The van der Waals surface area contributed by atoms with E-state index in [4.69, 9.17) is 9.47 Å². The Morgan fingerprint density at radius 2 is 1.87 bits per heavy atom. The Morgan fingerprint density at radius 3 is 2.50 bits per heavy atom. The number of nitrogens with one attached hydrogen (secondary N) is 1. The van der Waals surface area contributed by atoms with Crippen LogP contribution in [0.15, 0.2) is 70.2 Å². The zero-order valence-electron chi connectivity index (χ0n) is 15.8. The highest BCUT2D eigenvalue weighted by atomic mass is 79.9. The SMILES string of the molecule is COc1cc(/C=N\Nc2ccc([N+](=O)[O-])cc2)cc(Br)c1OCc1ccc(F)cc1. The highest BCUT2D eigenvalue weighted by Gasteiger charge is 2.12. The number of rotatable bonds is 8. The number of nitro benzene ring substituents is 1. The van der Waals surface area contributed by atoms with E-state index in [1.807, 2.05) is 6.07 Å². The normalized spacial score (nSPS) is 10.8. The predicted octanol–water partition coefficient (Wildman–Crippen LogP) is 5.53. The second kappa shape index (κ2) is 9.84. The average Bonchev–Trinajstić information content (AvgIpc) is 2.74. The van der Waals surface area contributed by atoms with Gasteiger partial charge in [-0.25, -0.2) is 4.39 Å². The molecule has 0 aliphatic rings. The van der Waals surface area contributed by atoms with Gasteiger partial charge in [-0.2, -0.15) is 5.10 Å². The maximum absolute atomic E-state index is 13.0. The zero-order valence-corrected chi connectivity index (χ0v) is 17.4. The van der Waals surface area contributed by atoms with Crippen molar-refractivity contribution in [1.29, 1.82) is 0 Å². The number of ether oxygens (including phenoxy) is 2. The third kappa shape index (κ3) is 5.54. The van der Waals surface area contributed by atoms with Gasteiger partial charge in [0.25, 0.3) is 5.69 Å². The van der Waals surface area contributed by atoms with Gasteiger partial charge in [0.1, 0.15) is 12.4 Å². The first-order chi connectivity index (χ1) is 14.5. The van der Waals surface area contributed by atoms with Crippen molar-refractivity contribution in [1.82, 2.24) is 0 Å². The Balaban J connectivity index is 1.68. The number of halogens is 2. The first kappa shape index (κ1) is 21.3. The largest absolute Gasteiger partial charge is 0.493 e. The Bertz CT molecular complexity index is 1060. The van der Waals surface area contributed by atoms with Crippen LogP contribution < -0.4 is 14.9 Å². The maximum Gasteiger partial charge on any atom is 0.269 e. The first-order valence-corrected chi connectivity index (χ1v) is 9.54. The van der Waals surface area contributed by atoms with E-state index in [1.165, 1.54) is 31.4 Å². The van der Waals surface area contributed by atoms with E-state index in [0.29, 0.717) is 21.7 Å². The summed E-state index contributed by atoms with van der Waals surface area (Å²) in [7, 11) is 1.53. The number of hydrogen-bond acceptors (Lipinski definition) is 6. The van der Waals surface area contributed by atoms with Crippen LogP contribution in [-0.2, 0) is 6.61 Å². The fraction of sp³-hybridized carbons (Fsp3) is 0.0952. The van der Waals surface area contributed by atoms with Crippen molar-refractivity contribution >= 4 is 33.5 Å². The zero-order chi connectivity index (χ0) is 21.5. The van der Waals surface area contributed by atoms with Crippen LogP contribution in [0.25, 0.3) is 0 Å². The molecule has 0 aliphatic heterocycles. The number of nitrogens with zero attached hydrogens (tertiary/aromatic N) is 2. The van der Waals surface area contributed by atoms with Crippen molar-refractivity contribution in [2.24, 2.45) is 5.10 Å². The molecule has 0 aromatic heterocycles. The van der Waals surface area contributed by atoms with Crippen LogP contribution in [0, 0.1) is 15.9 Å². The number of nitro groups is 1. The second-order valence-electron chi connectivity index (χ2n) is 6.12. The standard InChI is InChI=1S/C21H17BrFN3O4/c1-29-20-11-15(12-24-25-17-6-8-18(9-7-17)26(27)28)10-19(22)21(20)30-13-14-2-4-16(23)5-3-14/h2-12,25H,13H2,1H3/b24-12-. The lowest BCUT2D eigenvalue weighted by molar-refractivity contribution is -0.384. The number of benzene rings is 3. The molecule has 0 bridgehead atoms. The third-order valence-electron chi connectivity index (χ3n) is 4.03. The summed E-state index contributed by atoms with van der Waals surface area (Å²) in [4.78, 5) is 10.2. The molecule has 0 amide bonds. The van der Waals surface area contributed by atoms with Crippen molar-refractivity contribution in [2.45, 2.75) is 6.61 Å². The molecule has 3 aromatic carbocycles. The summed E-state index contributed by atoms with van der Waals surface area (Å²) in [6.45, 7) is 0.254. The highest BCUT2D eigenvalue weighted by molar-refractivity contribution is 9.10. The van der Waals surface area contributed by atoms with Crippen LogP contribution in [0.3, 0.4) is 0 Å². The van der Waals surface area contributed by atoms with Crippen LogP contribution in [-0.4, -0.2) is 18.2 Å². The summed E-state index contributed by atoms with van der Waals surface area (Å²) in [5.74, 6) is 0.717. The summed E-state index contributed by atoms with van der Waals surface area (Å²) in [6, 6.07) is 15.5. The van der Waals surface area contributed by atoms with E-state index in [0.717, 1.165) is 11.1 Å². The van der Waals surface area contributed by atoms with Crippen molar-refractivity contribution < 1.29 is 18.8 Å².